The molecule has 2 aromatic carbocycles. The van der Waals surface area contributed by atoms with E-state index < -0.39 is 6.10 Å². The molecule has 146 valence electrons. The number of rotatable bonds is 8. The Morgan fingerprint density at radius 2 is 1.89 bits per heavy atom. The highest BCUT2D eigenvalue weighted by Gasteiger charge is 2.17. The number of aromatic nitrogens is 2. The van der Waals surface area contributed by atoms with Gasteiger partial charge in [-0.2, -0.15) is 4.98 Å². The number of nitrogens with zero attached hydrogens (tertiary/aromatic N) is 2. The van der Waals surface area contributed by atoms with E-state index in [0.717, 1.165) is 0 Å². The molecule has 0 radical (unpaired) electrons. The number of hydrogen-bond donors (Lipinski definition) is 1. The van der Waals surface area contributed by atoms with Crippen molar-refractivity contribution in [2.75, 3.05) is 14.2 Å². The average molecular weight is 383 g/mol. The lowest BCUT2D eigenvalue weighted by atomic mass is 10.2. The Bertz CT molecular complexity index is 927. The van der Waals surface area contributed by atoms with Crippen LogP contribution >= 0.6 is 0 Å². The number of hydrogen-bond acceptors (Lipinski definition) is 7. The zero-order valence-corrected chi connectivity index (χ0v) is 15.8. The van der Waals surface area contributed by atoms with Crippen molar-refractivity contribution in [1.29, 1.82) is 0 Å². The summed E-state index contributed by atoms with van der Waals surface area (Å²) in [5.74, 6) is 2.18. The van der Waals surface area contributed by atoms with E-state index in [1.54, 1.807) is 51.5 Å². The number of ether oxygens (including phenoxy) is 3. The second-order valence-electron chi connectivity index (χ2n) is 5.87. The van der Waals surface area contributed by atoms with Crippen LogP contribution in [0.5, 0.6) is 17.2 Å². The van der Waals surface area contributed by atoms with Crippen LogP contribution in [-0.2, 0) is 11.3 Å². The summed E-state index contributed by atoms with van der Waals surface area (Å²) >= 11 is 0. The molecule has 0 aliphatic rings. The first-order valence-electron chi connectivity index (χ1n) is 8.65. The molecule has 1 aromatic heterocycles. The topological polar surface area (TPSA) is 95.7 Å². The molecule has 1 atom stereocenters. The van der Waals surface area contributed by atoms with Crippen molar-refractivity contribution < 1.29 is 23.5 Å². The molecule has 0 saturated carbocycles. The number of nitrogens with one attached hydrogen (secondary N) is 1. The highest BCUT2D eigenvalue weighted by Crippen LogP contribution is 2.31. The molecular formula is C20H21N3O5. The average Bonchev–Trinajstić information content (AvgIpc) is 3.21. The van der Waals surface area contributed by atoms with E-state index in [-0.39, 0.29) is 18.3 Å². The van der Waals surface area contributed by atoms with Crippen LogP contribution in [0, 0.1) is 0 Å². The van der Waals surface area contributed by atoms with E-state index in [4.69, 9.17) is 18.7 Å². The molecule has 0 unspecified atom stereocenters. The molecule has 0 aliphatic heterocycles. The van der Waals surface area contributed by atoms with Gasteiger partial charge >= 0.3 is 0 Å². The highest BCUT2D eigenvalue weighted by molar-refractivity contribution is 5.80. The van der Waals surface area contributed by atoms with Crippen LogP contribution in [0.4, 0.5) is 0 Å². The molecule has 0 aliphatic carbocycles. The van der Waals surface area contributed by atoms with Crippen molar-refractivity contribution in [3.63, 3.8) is 0 Å². The lowest BCUT2D eigenvalue weighted by Gasteiger charge is -2.13. The van der Waals surface area contributed by atoms with Gasteiger partial charge in [0.2, 0.25) is 11.7 Å². The van der Waals surface area contributed by atoms with Gasteiger partial charge in [0.25, 0.3) is 5.91 Å². The third-order valence-corrected chi connectivity index (χ3v) is 3.96. The standard InChI is InChI=1S/C20H21N3O5/c1-13(27-14-7-5-4-6-8-14)20(24)21-12-18-22-19(23-28-18)16-10-9-15(25-2)11-17(16)26-3/h4-11,13H,12H2,1-3H3,(H,21,24)/t13-/m0/s1. The predicted molar refractivity (Wildman–Crippen MR) is 101 cm³/mol. The van der Waals surface area contributed by atoms with Gasteiger partial charge in [0.15, 0.2) is 6.10 Å². The number of carbonyl (C=O) groups is 1. The van der Waals surface area contributed by atoms with Crippen molar-refractivity contribution in [1.82, 2.24) is 15.5 Å². The molecule has 8 heteroatoms. The molecule has 3 aromatic rings. The minimum Gasteiger partial charge on any atom is -0.497 e. The monoisotopic (exact) mass is 383 g/mol. The molecule has 1 N–H and O–H groups in total. The van der Waals surface area contributed by atoms with Crippen LogP contribution in [-0.4, -0.2) is 36.4 Å². The summed E-state index contributed by atoms with van der Waals surface area (Å²) in [7, 11) is 3.12. The second-order valence-corrected chi connectivity index (χ2v) is 5.87. The van der Waals surface area contributed by atoms with Gasteiger partial charge in [-0.15, -0.1) is 0 Å². The maximum atomic E-state index is 12.2. The predicted octanol–water partition coefficient (Wildman–Crippen LogP) is 2.84. The fourth-order valence-electron chi connectivity index (χ4n) is 2.48. The Morgan fingerprint density at radius 1 is 1.11 bits per heavy atom. The molecule has 1 heterocycles. The first kappa shape index (κ1) is 19.2. The summed E-state index contributed by atoms with van der Waals surface area (Å²) in [6, 6.07) is 14.4. The molecule has 8 nitrogen and oxygen atoms in total. The molecule has 28 heavy (non-hydrogen) atoms. The Hall–Kier alpha value is -3.55. The van der Waals surface area contributed by atoms with Gasteiger partial charge in [0, 0.05) is 6.07 Å². The van der Waals surface area contributed by atoms with Gasteiger partial charge in [-0.25, -0.2) is 0 Å². The maximum absolute atomic E-state index is 12.2. The summed E-state index contributed by atoms with van der Waals surface area (Å²) in [6.07, 6.45) is -0.661. The van der Waals surface area contributed by atoms with Crippen LogP contribution in [0.3, 0.4) is 0 Å². The minimum atomic E-state index is -0.661. The first-order chi connectivity index (χ1) is 13.6. The fraction of sp³-hybridized carbons (Fsp3) is 0.250. The highest BCUT2D eigenvalue weighted by atomic mass is 16.5. The van der Waals surface area contributed by atoms with Crippen molar-refractivity contribution in [2.24, 2.45) is 0 Å². The Morgan fingerprint density at radius 3 is 2.61 bits per heavy atom. The van der Waals surface area contributed by atoms with Crippen molar-refractivity contribution in [2.45, 2.75) is 19.6 Å². The SMILES string of the molecule is COc1ccc(-c2noc(CNC(=O)[C@H](C)Oc3ccccc3)n2)c(OC)c1. The van der Waals surface area contributed by atoms with E-state index in [0.29, 0.717) is 28.6 Å². The van der Waals surface area contributed by atoms with E-state index in [9.17, 15) is 4.79 Å². The normalized spacial score (nSPS) is 11.5. The Labute approximate surface area is 162 Å². The third-order valence-electron chi connectivity index (χ3n) is 3.96. The van der Waals surface area contributed by atoms with E-state index in [2.05, 4.69) is 15.5 Å². The lowest BCUT2D eigenvalue weighted by Crippen LogP contribution is -2.35. The van der Waals surface area contributed by atoms with Crippen LogP contribution in [0.2, 0.25) is 0 Å². The van der Waals surface area contributed by atoms with Crippen molar-refractivity contribution in [3.8, 4) is 28.6 Å². The van der Waals surface area contributed by atoms with E-state index in [1.807, 2.05) is 18.2 Å². The first-order valence-corrected chi connectivity index (χ1v) is 8.65. The van der Waals surface area contributed by atoms with Gasteiger partial charge in [-0.3, -0.25) is 4.79 Å². The third kappa shape index (κ3) is 4.59. The zero-order chi connectivity index (χ0) is 19.9. The van der Waals surface area contributed by atoms with Crippen LogP contribution < -0.4 is 19.5 Å². The number of carbonyl (C=O) groups excluding carboxylic acids is 1. The van der Waals surface area contributed by atoms with Gasteiger partial charge in [-0.05, 0) is 31.2 Å². The molecule has 0 fully saturated rings. The number of amides is 1. The van der Waals surface area contributed by atoms with Gasteiger partial charge in [-0.1, -0.05) is 23.4 Å². The lowest BCUT2D eigenvalue weighted by molar-refractivity contribution is -0.127. The van der Waals surface area contributed by atoms with Crippen molar-refractivity contribution >= 4 is 5.91 Å². The van der Waals surface area contributed by atoms with Crippen molar-refractivity contribution in [3.05, 3.63) is 54.4 Å². The summed E-state index contributed by atoms with van der Waals surface area (Å²) in [5.41, 5.74) is 0.658. The van der Waals surface area contributed by atoms with Gasteiger partial charge < -0.3 is 24.1 Å². The maximum Gasteiger partial charge on any atom is 0.261 e. The molecule has 0 spiro atoms. The summed E-state index contributed by atoms with van der Waals surface area (Å²) < 4.78 is 21.3. The summed E-state index contributed by atoms with van der Waals surface area (Å²) in [6.45, 7) is 1.76. The molecule has 1 amide bonds. The Kier molecular flexibility index (Phi) is 6.11. The van der Waals surface area contributed by atoms with Crippen LogP contribution in [0.15, 0.2) is 53.1 Å². The Balaban J connectivity index is 1.61. The molecule has 0 saturated heterocycles. The summed E-state index contributed by atoms with van der Waals surface area (Å²) in [5, 5.41) is 6.67. The number of benzene rings is 2. The number of para-hydroxylation sites is 1. The smallest absolute Gasteiger partial charge is 0.261 e. The van der Waals surface area contributed by atoms with Gasteiger partial charge in [0.1, 0.15) is 17.2 Å². The minimum absolute atomic E-state index is 0.0901. The molecular weight excluding hydrogens is 362 g/mol. The molecule has 0 bridgehead atoms. The second kappa shape index (κ2) is 8.90. The van der Waals surface area contributed by atoms with Gasteiger partial charge in [0.05, 0.1) is 26.3 Å². The number of methoxy groups -OCH3 is 2. The van der Waals surface area contributed by atoms with Crippen LogP contribution in [0.1, 0.15) is 12.8 Å². The van der Waals surface area contributed by atoms with Crippen LogP contribution in [0.25, 0.3) is 11.4 Å². The van der Waals surface area contributed by atoms with E-state index >= 15 is 0 Å². The summed E-state index contributed by atoms with van der Waals surface area (Å²) in [4.78, 5) is 16.5. The zero-order valence-electron chi connectivity index (χ0n) is 15.8. The quantitative estimate of drug-likeness (QED) is 0.639. The largest absolute Gasteiger partial charge is 0.497 e. The fourth-order valence-corrected chi connectivity index (χ4v) is 2.48. The van der Waals surface area contributed by atoms with E-state index in [1.165, 1.54) is 0 Å². The molecule has 3 rings (SSSR count).